The van der Waals surface area contributed by atoms with E-state index in [9.17, 15) is 14.7 Å². The smallest absolute Gasteiger partial charge is 0.328 e. The molecule has 1 atom stereocenters. The van der Waals surface area contributed by atoms with Crippen molar-refractivity contribution in [3.63, 3.8) is 0 Å². The van der Waals surface area contributed by atoms with E-state index in [0.717, 1.165) is 33.3 Å². The molecule has 1 unspecified atom stereocenters. The molecule has 0 radical (unpaired) electrons. The predicted molar refractivity (Wildman–Crippen MR) is 278 cm³/mol. The summed E-state index contributed by atoms with van der Waals surface area (Å²) in [5.41, 5.74) is 10.1. The van der Waals surface area contributed by atoms with Gasteiger partial charge in [0.2, 0.25) is 0 Å². The number of aliphatic carboxylic acids is 2. The fraction of sp³-hybridized carbons (Fsp3) is 0.627. The Bertz CT molecular complexity index is 1600. The third-order valence-corrected chi connectivity index (χ3v) is 13.0. The number of nitrogens with zero attached hydrogens (tertiary/aromatic N) is 1. The molecule has 2 rings (SSSR count). The van der Waals surface area contributed by atoms with E-state index in [2.05, 4.69) is 108 Å². The Morgan fingerprint density at radius 1 is 0.625 bits per heavy atom. The maximum absolute atomic E-state index is 10.5. The Morgan fingerprint density at radius 2 is 1.02 bits per heavy atom. The molecule has 0 amide bonds. The third kappa shape index (κ3) is 29.0. The minimum absolute atomic E-state index is 0.253. The largest absolute Gasteiger partial charge is 0.545 e. The number of quaternary nitrogens is 1. The summed E-state index contributed by atoms with van der Waals surface area (Å²) in [7, 11) is 7.02. The van der Waals surface area contributed by atoms with Crippen LogP contribution in [0.15, 0.2) is 117 Å². The Labute approximate surface area is 395 Å². The highest BCUT2D eigenvalue weighted by Crippen LogP contribution is 2.42. The quantitative estimate of drug-likeness (QED) is 0.0453. The van der Waals surface area contributed by atoms with Crippen molar-refractivity contribution in [1.82, 2.24) is 0 Å². The molecule has 2 aliphatic carbocycles. The molecule has 64 heavy (non-hydrogen) atoms. The fourth-order valence-corrected chi connectivity index (χ4v) is 8.92. The summed E-state index contributed by atoms with van der Waals surface area (Å²) in [6.07, 6.45) is 48.5. The van der Waals surface area contributed by atoms with Crippen LogP contribution in [0, 0.1) is 10.8 Å². The van der Waals surface area contributed by atoms with Crippen molar-refractivity contribution in [1.29, 1.82) is 0 Å². The van der Waals surface area contributed by atoms with E-state index >= 15 is 0 Å². The van der Waals surface area contributed by atoms with E-state index in [1.165, 1.54) is 150 Å². The fourth-order valence-electron chi connectivity index (χ4n) is 8.92. The molecular weight excluding hydrogens is 787 g/mol. The number of allylic oxidation sites excluding steroid dienone is 18. The van der Waals surface area contributed by atoms with E-state index in [1.54, 1.807) is 26.0 Å². The van der Waals surface area contributed by atoms with Crippen LogP contribution in [0.2, 0.25) is 0 Å². The highest BCUT2D eigenvalue weighted by Gasteiger charge is 2.27. The first-order chi connectivity index (χ1) is 30.0. The van der Waals surface area contributed by atoms with E-state index < -0.39 is 11.9 Å². The number of hydrogen-bond donors (Lipinski definition) is 1. The van der Waals surface area contributed by atoms with Crippen molar-refractivity contribution in [2.45, 2.75) is 211 Å². The van der Waals surface area contributed by atoms with Crippen molar-refractivity contribution in [2.75, 3.05) is 21.1 Å². The van der Waals surface area contributed by atoms with Gasteiger partial charge in [0.05, 0.1) is 33.2 Å². The number of rotatable bonds is 24. The lowest BCUT2D eigenvalue weighted by molar-refractivity contribution is -0.896. The summed E-state index contributed by atoms with van der Waals surface area (Å²) >= 11 is 0. The van der Waals surface area contributed by atoms with Gasteiger partial charge in [-0.1, -0.05) is 189 Å². The van der Waals surface area contributed by atoms with Gasteiger partial charge in [-0.25, -0.2) is 4.79 Å². The molecule has 5 nitrogen and oxygen atoms in total. The van der Waals surface area contributed by atoms with Crippen LogP contribution >= 0.6 is 0 Å². The molecule has 0 spiro atoms. The second-order valence-electron chi connectivity index (χ2n) is 21.0. The zero-order valence-corrected chi connectivity index (χ0v) is 44.1. The zero-order valence-electron chi connectivity index (χ0n) is 44.1. The number of carbonyl (C=O) groups is 2. The normalized spacial score (nSPS) is 18.2. The molecule has 0 saturated heterocycles. The average molecular weight is 884 g/mol. The van der Waals surface area contributed by atoms with Crippen molar-refractivity contribution >= 4 is 11.9 Å². The lowest BCUT2D eigenvalue weighted by atomic mass is 9.72. The summed E-state index contributed by atoms with van der Waals surface area (Å²) in [4.78, 5) is 21.0. The summed E-state index contributed by atoms with van der Waals surface area (Å²) < 4.78 is 1.13. The first kappa shape index (κ1) is 60.3. The molecule has 0 aromatic carbocycles. The van der Waals surface area contributed by atoms with Crippen molar-refractivity contribution in [3.05, 3.63) is 117 Å². The number of carbonyl (C=O) groups excluding carboxylic acids is 1. The molecule has 2 aliphatic rings. The highest BCUT2D eigenvalue weighted by molar-refractivity contribution is 5.81. The molecule has 0 heterocycles. The minimum Gasteiger partial charge on any atom is -0.545 e. The summed E-state index contributed by atoms with van der Waals surface area (Å²) in [6, 6.07) is 0.855. The van der Waals surface area contributed by atoms with Gasteiger partial charge in [-0.05, 0) is 139 Å². The molecule has 0 aliphatic heterocycles. The molecular formula is C59H97NO4. The molecule has 5 heteroatoms. The van der Waals surface area contributed by atoms with Gasteiger partial charge >= 0.3 is 5.97 Å². The Kier molecular flexibility index (Phi) is 31.0. The van der Waals surface area contributed by atoms with Crippen molar-refractivity contribution < 1.29 is 24.3 Å². The van der Waals surface area contributed by atoms with Gasteiger partial charge in [0.25, 0.3) is 0 Å². The zero-order chi connectivity index (χ0) is 48.8. The van der Waals surface area contributed by atoms with Gasteiger partial charge in [0.1, 0.15) is 0 Å². The molecule has 0 fully saturated rings. The monoisotopic (exact) mass is 884 g/mol. The summed E-state index contributed by atoms with van der Waals surface area (Å²) in [6.45, 7) is 26.0. The topological polar surface area (TPSA) is 77.4 Å². The first-order valence-electron chi connectivity index (χ1n) is 25.0. The third-order valence-electron chi connectivity index (χ3n) is 13.0. The Hall–Kier alpha value is -3.70. The second kappa shape index (κ2) is 32.9. The molecule has 0 aromatic rings. The minimum atomic E-state index is -1.16. The van der Waals surface area contributed by atoms with Crippen LogP contribution in [0.1, 0.15) is 205 Å². The van der Waals surface area contributed by atoms with E-state index in [0.29, 0.717) is 5.57 Å². The highest BCUT2D eigenvalue weighted by atomic mass is 16.4. The Balaban J connectivity index is 0.000000932. The van der Waals surface area contributed by atoms with Crippen LogP contribution in [0.4, 0.5) is 0 Å². The maximum atomic E-state index is 10.5. The van der Waals surface area contributed by atoms with Crippen molar-refractivity contribution in [2.24, 2.45) is 10.8 Å². The maximum Gasteiger partial charge on any atom is 0.328 e. The predicted octanol–water partition coefficient (Wildman–Crippen LogP) is 16.0. The molecule has 0 bridgehead atoms. The van der Waals surface area contributed by atoms with Crippen molar-refractivity contribution in [3.8, 4) is 0 Å². The molecule has 0 aromatic heterocycles. The van der Waals surface area contributed by atoms with Crippen LogP contribution in [-0.4, -0.2) is 48.7 Å². The van der Waals surface area contributed by atoms with Gasteiger partial charge in [-0.2, -0.15) is 0 Å². The van der Waals surface area contributed by atoms with Gasteiger partial charge in [0, 0.05) is 6.08 Å². The van der Waals surface area contributed by atoms with Gasteiger partial charge in [-0.3, -0.25) is 0 Å². The summed E-state index contributed by atoms with van der Waals surface area (Å²) in [5.74, 6) is -2.07. The second-order valence-corrected chi connectivity index (χ2v) is 21.0. The van der Waals surface area contributed by atoms with E-state index in [-0.39, 0.29) is 10.8 Å². The molecule has 362 valence electrons. The lowest BCUT2D eigenvalue weighted by Gasteiger charge is -2.33. The number of carboxylic acids is 2. The SMILES string of the molecule is CC(C=CC1=C(C)CCCC1(C)C)=CC=C/C(C)=C\C(=O)O.CC(C=CC1=C(C)CCCC1(C)C)=CC=C/C(C)=C\C(=O)[O-].CCCCCCCCCCCCCC(CC)[N+](C)(C)C. The van der Waals surface area contributed by atoms with Crippen LogP contribution in [0.25, 0.3) is 0 Å². The van der Waals surface area contributed by atoms with Gasteiger partial charge in [-0.15, -0.1) is 0 Å². The average Bonchev–Trinajstić information content (AvgIpc) is 3.17. The summed E-state index contributed by atoms with van der Waals surface area (Å²) in [5, 5.41) is 19.1. The van der Waals surface area contributed by atoms with Crippen LogP contribution in [0.3, 0.4) is 0 Å². The van der Waals surface area contributed by atoms with Crippen LogP contribution in [0.5, 0.6) is 0 Å². The first-order valence-corrected chi connectivity index (χ1v) is 25.0. The Morgan fingerprint density at radius 3 is 1.36 bits per heavy atom. The van der Waals surface area contributed by atoms with E-state index in [1.807, 2.05) is 31.2 Å². The standard InChI is InChI=1S/2C20H28O2.C19H42N/c2*1-15(8-6-9-16(2)14-19(21)22)11-12-18-17(3)10-7-13-20(18,4)5;1-6-8-9-10-11-12-13-14-15-16-17-18-19(7-2)20(3,4)5/h2*6,8-9,11-12,14H,7,10,13H2,1-5H3,(H,21,22);19H,6-18H2,1-5H3/q;;+1/p-1/b2*9-6?,12-11?,15-8?,16-14-;. The number of unbranched alkanes of at least 4 members (excludes halogenated alkanes) is 10. The number of hydrogen-bond acceptors (Lipinski definition) is 3. The number of carboxylic acid groups (broad SMARTS) is 2. The molecule has 0 saturated carbocycles. The van der Waals surface area contributed by atoms with E-state index in [4.69, 9.17) is 5.11 Å². The molecule has 1 N–H and O–H groups in total. The van der Waals surface area contributed by atoms with Gasteiger partial charge < -0.3 is 19.5 Å². The lowest BCUT2D eigenvalue weighted by Crippen LogP contribution is -2.44. The van der Waals surface area contributed by atoms with Crippen LogP contribution < -0.4 is 5.11 Å². The van der Waals surface area contributed by atoms with Crippen LogP contribution in [-0.2, 0) is 9.59 Å². The van der Waals surface area contributed by atoms with Gasteiger partial charge in [0.15, 0.2) is 0 Å².